The van der Waals surface area contributed by atoms with E-state index in [1.807, 2.05) is 49.4 Å². The van der Waals surface area contributed by atoms with Crippen LogP contribution in [0.15, 0.2) is 61.2 Å². The Labute approximate surface area is 145 Å². The molecule has 0 spiro atoms. The first-order chi connectivity index (χ1) is 12.2. The molecule has 1 aromatic carbocycles. The standard InChI is InChI=1S/C18H18N6O/c1-12-15(17(25)23-14-7-3-2-4-8-14)16(13-6-5-9-19-10-13)24-18(22-12)20-11-21-24/h2-12,15-16H,1H3,(H,23,25)(H,20,21,22)/t12-,15-,16+/m1/s1. The SMILES string of the molecule is C[C@H]1Nc2ncnn2[C@@H](c2cccnc2)[C@@H]1C(=O)Nc1ccccc1. The lowest BCUT2D eigenvalue weighted by atomic mass is 9.86. The summed E-state index contributed by atoms with van der Waals surface area (Å²) in [6, 6.07) is 12.9. The van der Waals surface area contributed by atoms with Crippen LogP contribution in [-0.2, 0) is 4.79 Å². The van der Waals surface area contributed by atoms with Crippen molar-refractivity contribution in [1.82, 2.24) is 19.7 Å². The van der Waals surface area contributed by atoms with Gasteiger partial charge in [0.25, 0.3) is 0 Å². The predicted molar refractivity (Wildman–Crippen MR) is 94.0 cm³/mol. The number of benzene rings is 1. The van der Waals surface area contributed by atoms with Crippen molar-refractivity contribution in [3.8, 4) is 0 Å². The summed E-state index contributed by atoms with van der Waals surface area (Å²) in [5.74, 6) is 0.227. The Balaban J connectivity index is 1.72. The summed E-state index contributed by atoms with van der Waals surface area (Å²) >= 11 is 0. The van der Waals surface area contributed by atoms with E-state index in [1.165, 1.54) is 6.33 Å². The van der Waals surface area contributed by atoms with Crippen LogP contribution in [0.1, 0.15) is 18.5 Å². The Morgan fingerprint density at radius 2 is 2.04 bits per heavy atom. The lowest BCUT2D eigenvalue weighted by molar-refractivity contribution is -0.121. The van der Waals surface area contributed by atoms with Crippen molar-refractivity contribution in [2.45, 2.75) is 19.0 Å². The van der Waals surface area contributed by atoms with Gasteiger partial charge in [0, 0.05) is 24.1 Å². The van der Waals surface area contributed by atoms with E-state index in [1.54, 1.807) is 17.1 Å². The topological polar surface area (TPSA) is 84.7 Å². The molecule has 7 nitrogen and oxygen atoms in total. The van der Waals surface area contributed by atoms with Gasteiger partial charge >= 0.3 is 0 Å². The average molecular weight is 334 g/mol. The number of carbonyl (C=O) groups excluding carboxylic acids is 1. The van der Waals surface area contributed by atoms with Gasteiger partial charge in [0.1, 0.15) is 6.33 Å². The van der Waals surface area contributed by atoms with Crippen LogP contribution in [-0.4, -0.2) is 31.7 Å². The smallest absolute Gasteiger partial charge is 0.232 e. The third kappa shape index (κ3) is 2.84. The highest BCUT2D eigenvalue weighted by Gasteiger charge is 2.41. The van der Waals surface area contributed by atoms with Crippen molar-refractivity contribution in [2.75, 3.05) is 10.6 Å². The van der Waals surface area contributed by atoms with E-state index >= 15 is 0 Å². The summed E-state index contributed by atoms with van der Waals surface area (Å²) < 4.78 is 1.76. The van der Waals surface area contributed by atoms with Gasteiger partial charge in [0.2, 0.25) is 11.9 Å². The quantitative estimate of drug-likeness (QED) is 0.768. The second kappa shape index (κ2) is 6.35. The minimum Gasteiger partial charge on any atom is -0.351 e. The summed E-state index contributed by atoms with van der Waals surface area (Å²) in [5, 5.41) is 10.6. The third-order valence-electron chi connectivity index (χ3n) is 4.44. The van der Waals surface area contributed by atoms with Crippen molar-refractivity contribution in [1.29, 1.82) is 0 Å². The Hall–Kier alpha value is -3.22. The first kappa shape index (κ1) is 15.3. The molecule has 0 saturated carbocycles. The monoisotopic (exact) mass is 334 g/mol. The van der Waals surface area contributed by atoms with Crippen LogP contribution in [0.5, 0.6) is 0 Å². The Morgan fingerprint density at radius 1 is 1.20 bits per heavy atom. The maximum atomic E-state index is 13.1. The van der Waals surface area contributed by atoms with E-state index in [-0.39, 0.29) is 23.9 Å². The van der Waals surface area contributed by atoms with E-state index in [4.69, 9.17) is 0 Å². The van der Waals surface area contributed by atoms with Gasteiger partial charge in [-0.3, -0.25) is 9.78 Å². The molecule has 3 aromatic rings. The number of rotatable bonds is 3. The summed E-state index contributed by atoms with van der Waals surface area (Å²) in [6.07, 6.45) is 4.99. The van der Waals surface area contributed by atoms with Crippen molar-refractivity contribution in [3.05, 3.63) is 66.7 Å². The lowest BCUT2D eigenvalue weighted by Gasteiger charge is -2.36. The van der Waals surface area contributed by atoms with Crippen LogP contribution in [0.3, 0.4) is 0 Å². The highest BCUT2D eigenvalue weighted by atomic mass is 16.2. The lowest BCUT2D eigenvalue weighted by Crippen LogP contribution is -2.46. The fourth-order valence-corrected chi connectivity index (χ4v) is 3.29. The number of fused-ring (bicyclic) bond motifs is 1. The number of amides is 1. The zero-order valence-electron chi connectivity index (χ0n) is 13.7. The van der Waals surface area contributed by atoms with Gasteiger partial charge in [-0.25, -0.2) is 4.68 Å². The highest BCUT2D eigenvalue weighted by Crippen LogP contribution is 2.36. The van der Waals surface area contributed by atoms with Crippen LogP contribution in [0.25, 0.3) is 0 Å². The third-order valence-corrected chi connectivity index (χ3v) is 4.44. The first-order valence-corrected chi connectivity index (χ1v) is 8.16. The Kier molecular flexibility index (Phi) is 3.89. The van der Waals surface area contributed by atoms with Gasteiger partial charge in [-0.2, -0.15) is 10.1 Å². The molecule has 0 unspecified atom stereocenters. The molecular formula is C18H18N6O. The summed E-state index contributed by atoms with van der Waals surface area (Å²) in [5.41, 5.74) is 1.70. The summed E-state index contributed by atoms with van der Waals surface area (Å²) in [7, 11) is 0. The van der Waals surface area contributed by atoms with Crippen LogP contribution in [0.2, 0.25) is 0 Å². The maximum Gasteiger partial charge on any atom is 0.232 e. The predicted octanol–water partition coefficient (Wildman–Crippen LogP) is 2.33. The molecule has 1 aliphatic rings. The van der Waals surface area contributed by atoms with Crippen LogP contribution in [0, 0.1) is 5.92 Å². The summed E-state index contributed by atoms with van der Waals surface area (Å²) in [4.78, 5) is 21.5. The van der Waals surface area contributed by atoms with Gasteiger partial charge in [-0.15, -0.1) is 0 Å². The molecule has 7 heteroatoms. The zero-order valence-corrected chi connectivity index (χ0v) is 13.7. The first-order valence-electron chi connectivity index (χ1n) is 8.16. The van der Waals surface area contributed by atoms with Gasteiger partial charge in [0.05, 0.1) is 12.0 Å². The molecule has 0 fully saturated rings. The van der Waals surface area contributed by atoms with E-state index in [9.17, 15) is 4.79 Å². The minimum atomic E-state index is -0.362. The molecule has 2 aromatic heterocycles. The molecule has 126 valence electrons. The van der Waals surface area contributed by atoms with Crippen molar-refractivity contribution in [2.24, 2.45) is 5.92 Å². The zero-order chi connectivity index (χ0) is 17.2. The molecule has 0 radical (unpaired) electrons. The molecule has 2 N–H and O–H groups in total. The number of hydrogen-bond acceptors (Lipinski definition) is 5. The van der Waals surface area contributed by atoms with Crippen molar-refractivity contribution in [3.63, 3.8) is 0 Å². The van der Waals surface area contributed by atoms with Crippen LogP contribution in [0.4, 0.5) is 11.6 Å². The fourth-order valence-electron chi connectivity index (χ4n) is 3.29. The molecule has 25 heavy (non-hydrogen) atoms. The maximum absolute atomic E-state index is 13.1. The van der Waals surface area contributed by atoms with Crippen LogP contribution >= 0.6 is 0 Å². The van der Waals surface area contributed by atoms with Gasteiger partial charge in [-0.1, -0.05) is 24.3 Å². The number of para-hydroxylation sites is 1. The Morgan fingerprint density at radius 3 is 2.80 bits per heavy atom. The molecule has 0 saturated heterocycles. The molecule has 0 aliphatic carbocycles. The number of nitrogens with one attached hydrogen (secondary N) is 2. The number of nitrogens with zero attached hydrogens (tertiary/aromatic N) is 4. The van der Waals surface area contributed by atoms with Gasteiger partial charge in [-0.05, 0) is 30.7 Å². The van der Waals surface area contributed by atoms with Crippen LogP contribution < -0.4 is 10.6 Å². The Bertz CT molecular complexity index is 864. The summed E-state index contributed by atoms with van der Waals surface area (Å²) in [6.45, 7) is 1.98. The van der Waals surface area contributed by atoms with E-state index in [0.29, 0.717) is 5.95 Å². The molecule has 1 aliphatic heterocycles. The molecule has 0 bridgehead atoms. The number of aromatic nitrogens is 4. The second-order valence-electron chi connectivity index (χ2n) is 6.07. The second-order valence-corrected chi connectivity index (χ2v) is 6.07. The van der Waals surface area contributed by atoms with E-state index in [0.717, 1.165) is 11.3 Å². The van der Waals surface area contributed by atoms with Gasteiger partial charge < -0.3 is 10.6 Å². The minimum absolute atomic E-state index is 0.0683. The largest absolute Gasteiger partial charge is 0.351 e. The van der Waals surface area contributed by atoms with Crippen molar-refractivity contribution < 1.29 is 4.79 Å². The van der Waals surface area contributed by atoms with E-state index in [2.05, 4.69) is 25.7 Å². The molecule has 3 atom stereocenters. The van der Waals surface area contributed by atoms with Gasteiger partial charge in [0.15, 0.2) is 0 Å². The number of hydrogen-bond donors (Lipinski definition) is 2. The average Bonchev–Trinajstić information content (AvgIpc) is 3.10. The normalized spacial score (nSPS) is 21.9. The van der Waals surface area contributed by atoms with E-state index < -0.39 is 0 Å². The van der Waals surface area contributed by atoms with Crippen molar-refractivity contribution >= 4 is 17.5 Å². The number of carbonyl (C=O) groups is 1. The molecule has 3 heterocycles. The fraction of sp³-hybridized carbons (Fsp3) is 0.222. The highest BCUT2D eigenvalue weighted by molar-refractivity contribution is 5.94. The molecule has 1 amide bonds. The number of pyridine rings is 1. The molecular weight excluding hydrogens is 316 g/mol. The number of anilines is 2. The molecule has 4 rings (SSSR count).